The van der Waals surface area contributed by atoms with Gasteiger partial charge in [0.25, 0.3) is 0 Å². The highest BCUT2D eigenvalue weighted by Gasteiger charge is 2.31. The molecule has 6 heteroatoms. The molecule has 104 valence electrons. The van der Waals surface area contributed by atoms with Crippen LogP contribution in [0.1, 0.15) is 31.4 Å². The van der Waals surface area contributed by atoms with Crippen LogP contribution in [0, 0.1) is 0 Å². The van der Waals surface area contributed by atoms with Gasteiger partial charge in [0.1, 0.15) is 0 Å². The lowest BCUT2D eigenvalue weighted by molar-refractivity contribution is 0.186. The number of carbonyl (C=O) groups is 1. The molecule has 1 aliphatic heterocycles. The lowest BCUT2D eigenvalue weighted by Crippen LogP contribution is -2.48. The Morgan fingerprint density at radius 2 is 2.16 bits per heavy atom. The van der Waals surface area contributed by atoms with Crippen LogP contribution in [0.3, 0.4) is 0 Å². The maximum Gasteiger partial charge on any atom is 0.315 e. The van der Waals surface area contributed by atoms with E-state index in [-0.39, 0.29) is 6.03 Å². The Hall–Kier alpha value is -1.56. The Bertz CT molecular complexity index is 407. The highest BCUT2D eigenvalue weighted by atomic mass is 16.2. The van der Waals surface area contributed by atoms with E-state index in [2.05, 4.69) is 25.7 Å². The number of piperidine rings is 1. The summed E-state index contributed by atoms with van der Waals surface area (Å²) in [6.07, 6.45) is 6.54. The maximum absolute atomic E-state index is 11.8. The zero-order valence-corrected chi connectivity index (χ0v) is 11.1. The van der Waals surface area contributed by atoms with Crippen LogP contribution in [-0.4, -0.2) is 46.3 Å². The largest absolute Gasteiger partial charge is 0.335 e. The fraction of sp³-hybridized carbons (Fsp3) is 0.692. The lowest BCUT2D eigenvalue weighted by Gasteiger charge is -2.32. The molecule has 3 N–H and O–H groups in total. The minimum absolute atomic E-state index is 0.0838. The van der Waals surface area contributed by atoms with Gasteiger partial charge in [-0.25, -0.2) is 4.79 Å². The Morgan fingerprint density at radius 3 is 2.79 bits per heavy atom. The number of likely N-dealkylation sites (tertiary alicyclic amines) is 1. The highest BCUT2D eigenvalue weighted by Crippen LogP contribution is 2.29. The molecular weight excluding hydrogens is 242 g/mol. The Morgan fingerprint density at radius 1 is 1.37 bits per heavy atom. The number of rotatable bonds is 4. The summed E-state index contributed by atoms with van der Waals surface area (Å²) in [6.45, 7) is 2.74. The summed E-state index contributed by atoms with van der Waals surface area (Å²) >= 11 is 0. The van der Waals surface area contributed by atoms with Crippen molar-refractivity contribution in [1.82, 2.24) is 25.7 Å². The predicted molar refractivity (Wildman–Crippen MR) is 71.6 cm³/mol. The highest BCUT2D eigenvalue weighted by molar-refractivity contribution is 5.74. The summed E-state index contributed by atoms with van der Waals surface area (Å²) in [5.41, 5.74) is 0.915. The average molecular weight is 263 g/mol. The van der Waals surface area contributed by atoms with Crippen molar-refractivity contribution in [3.05, 3.63) is 18.0 Å². The van der Waals surface area contributed by atoms with E-state index in [0.717, 1.165) is 37.7 Å². The number of hydrogen-bond donors (Lipinski definition) is 3. The van der Waals surface area contributed by atoms with E-state index < -0.39 is 0 Å². The molecule has 0 bridgehead atoms. The number of urea groups is 1. The van der Waals surface area contributed by atoms with Crippen molar-refractivity contribution in [2.24, 2.45) is 0 Å². The molecule has 0 spiro atoms. The molecule has 2 heterocycles. The summed E-state index contributed by atoms with van der Waals surface area (Å²) in [5.74, 6) is 0. The SMILES string of the molecule is O=C(NCc1ccn[nH]1)NC1CCN(C2CC2)CC1. The summed E-state index contributed by atoms with van der Waals surface area (Å²) < 4.78 is 0. The molecule has 0 radical (unpaired) electrons. The van der Waals surface area contributed by atoms with Crippen LogP contribution in [0.15, 0.2) is 12.3 Å². The first-order valence-corrected chi connectivity index (χ1v) is 7.08. The number of hydrogen-bond acceptors (Lipinski definition) is 3. The first-order chi connectivity index (χ1) is 9.31. The number of nitrogens with zero attached hydrogens (tertiary/aromatic N) is 2. The van der Waals surface area contributed by atoms with Crippen molar-refractivity contribution in [1.29, 1.82) is 0 Å². The van der Waals surface area contributed by atoms with Crippen LogP contribution in [0.25, 0.3) is 0 Å². The maximum atomic E-state index is 11.8. The van der Waals surface area contributed by atoms with Crippen molar-refractivity contribution < 1.29 is 4.79 Å². The Kier molecular flexibility index (Phi) is 3.68. The predicted octanol–water partition coefficient (Wildman–Crippen LogP) is 0.836. The fourth-order valence-corrected chi connectivity index (χ4v) is 2.64. The molecule has 0 unspecified atom stereocenters. The molecule has 0 aromatic carbocycles. The zero-order valence-electron chi connectivity index (χ0n) is 11.1. The van der Waals surface area contributed by atoms with Gasteiger partial charge in [-0.15, -0.1) is 0 Å². The Labute approximate surface area is 112 Å². The zero-order chi connectivity index (χ0) is 13.1. The summed E-state index contributed by atoms with van der Waals surface area (Å²) in [4.78, 5) is 14.3. The second-order valence-corrected chi connectivity index (χ2v) is 5.45. The van der Waals surface area contributed by atoms with E-state index >= 15 is 0 Å². The third-order valence-electron chi connectivity index (χ3n) is 3.93. The Balaban J connectivity index is 1.35. The van der Waals surface area contributed by atoms with Gasteiger partial charge in [0.05, 0.1) is 12.2 Å². The number of aromatic nitrogens is 2. The minimum atomic E-state index is -0.0838. The summed E-state index contributed by atoms with van der Waals surface area (Å²) in [6, 6.07) is 2.93. The number of nitrogens with one attached hydrogen (secondary N) is 3. The standard InChI is InChI=1S/C13H21N5O/c19-13(14-9-11-3-6-15-17-11)16-10-4-7-18(8-5-10)12-1-2-12/h3,6,10,12H,1-2,4-5,7-9H2,(H,15,17)(H2,14,16,19). The number of H-pyrrole nitrogens is 1. The monoisotopic (exact) mass is 263 g/mol. The van der Waals surface area contributed by atoms with Crippen molar-refractivity contribution in [2.75, 3.05) is 13.1 Å². The molecule has 1 aromatic heterocycles. The van der Waals surface area contributed by atoms with E-state index in [0.29, 0.717) is 12.6 Å². The molecule has 1 saturated heterocycles. The lowest BCUT2D eigenvalue weighted by atomic mass is 10.1. The van der Waals surface area contributed by atoms with Crippen molar-refractivity contribution in [3.8, 4) is 0 Å². The van der Waals surface area contributed by atoms with Crippen molar-refractivity contribution in [2.45, 2.75) is 44.3 Å². The van der Waals surface area contributed by atoms with Gasteiger partial charge < -0.3 is 15.5 Å². The van der Waals surface area contributed by atoms with Crippen LogP contribution in [-0.2, 0) is 6.54 Å². The van der Waals surface area contributed by atoms with Crippen LogP contribution < -0.4 is 10.6 Å². The topological polar surface area (TPSA) is 73.0 Å². The number of amides is 2. The summed E-state index contributed by atoms with van der Waals surface area (Å²) in [7, 11) is 0. The van der Waals surface area contributed by atoms with Gasteiger partial charge in [-0.1, -0.05) is 0 Å². The smallest absolute Gasteiger partial charge is 0.315 e. The normalized spacial score (nSPS) is 21.3. The van der Waals surface area contributed by atoms with Crippen molar-refractivity contribution in [3.63, 3.8) is 0 Å². The molecular formula is C13H21N5O. The molecule has 19 heavy (non-hydrogen) atoms. The third-order valence-corrected chi connectivity index (χ3v) is 3.93. The second-order valence-electron chi connectivity index (χ2n) is 5.45. The van der Waals surface area contributed by atoms with Gasteiger partial charge in [0.15, 0.2) is 0 Å². The number of aromatic amines is 1. The molecule has 2 fully saturated rings. The van der Waals surface area contributed by atoms with Crippen LogP contribution in [0.4, 0.5) is 4.79 Å². The van der Waals surface area contributed by atoms with E-state index in [4.69, 9.17) is 0 Å². The van der Waals surface area contributed by atoms with Crippen molar-refractivity contribution >= 4 is 6.03 Å². The molecule has 2 amide bonds. The quantitative estimate of drug-likeness (QED) is 0.753. The van der Waals surface area contributed by atoms with Gasteiger partial charge in [-0.2, -0.15) is 5.10 Å². The van der Waals surface area contributed by atoms with E-state index in [1.54, 1.807) is 6.20 Å². The molecule has 1 saturated carbocycles. The van der Waals surface area contributed by atoms with E-state index in [1.165, 1.54) is 12.8 Å². The van der Waals surface area contributed by atoms with Crippen LogP contribution in [0.2, 0.25) is 0 Å². The van der Waals surface area contributed by atoms with Gasteiger partial charge >= 0.3 is 6.03 Å². The third kappa shape index (κ3) is 3.47. The van der Waals surface area contributed by atoms with Gasteiger partial charge in [0.2, 0.25) is 0 Å². The average Bonchev–Trinajstić information content (AvgIpc) is 3.14. The minimum Gasteiger partial charge on any atom is -0.335 e. The van der Waals surface area contributed by atoms with E-state index in [9.17, 15) is 4.79 Å². The van der Waals surface area contributed by atoms with Gasteiger partial charge in [-0.3, -0.25) is 5.10 Å². The van der Waals surface area contributed by atoms with Crippen LogP contribution >= 0.6 is 0 Å². The summed E-state index contributed by atoms with van der Waals surface area (Å²) in [5, 5.41) is 12.6. The fourth-order valence-electron chi connectivity index (χ4n) is 2.64. The molecule has 1 aromatic rings. The van der Waals surface area contributed by atoms with Crippen LogP contribution in [0.5, 0.6) is 0 Å². The second kappa shape index (κ2) is 5.61. The van der Waals surface area contributed by atoms with E-state index in [1.807, 2.05) is 6.07 Å². The number of carbonyl (C=O) groups excluding carboxylic acids is 1. The first-order valence-electron chi connectivity index (χ1n) is 7.08. The first kappa shape index (κ1) is 12.5. The molecule has 1 aliphatic carbocycles. The van der Waals surface area contributed by atoms with Gasteiger partial charge in [0, 0.05) is 31.4 Å². The molecule has 6 nitrogen and oxygen atoms in total. The molecule has 3 rings (SSSR count). The van der Waals surface area contributed by atoms with Gasteiger partial charge in [-0.05, 0) is 31.7 Å². The molecule has 2 aliphatic rings. The molecule has 0 atom stereocenters.